The standard InChI is InChI=1S/C8H8INO2/c1-5-4-6(9)2-3-7(5)10-8(11)12/h2-4,10H,1H3,(H,11,12). The summed E-state index contributed by atoms with van der Waals surface area (Å²) in [6.07, 6.45) is -1.03. The van der Waals surface area contributed by atoms with Crippen LogP contribution in [0, 0.1) is 10.5 Å². The van der Waals surface area contributed by atoms with E-state index < -0.39 is 6.09 Å². The molecule has 0 aliphatic carbocycles. The fraction of sp³-hybridized carbons (Fsp3) is 0.125. The van der Waals surface area contributed by atoms with Crippen molar-refractivity contribution in [1.29, 1.82) is 0 Å². The van der Waals surface area contributed by atoms with E-state index in [0.29, 0.717) is 5.69 Å². The number of amides is 1. The zero-order valence-electron chi connectivity index (χ0n) is 6.47. The molecule has 0 aromatic heterocycles. The van der Waals surface area contributed by atoms with Crippen molar-refractivity contribution in [1.82, 2.24) is 0 Å². The first-order valence-corrected chi connectivity index (χ1v) is 4.43. The highest BCUT2D eigenvalue weighted by Crippen LogP contribution is 2.17. The largest absolute Gasteiger partial charge is 0.465 e. The van der Waals surface area contributed by atoms with Crippen molar-refractivity contribution >= 4 is 34.4 Å². The molecule has 0 saturated heterocycles. The molecule has 1 amide bonds. The molecule has 0 heterocycles. The summed E-state index contributed by atoms with van der Waals surface area (Å²) in [5, 5.41) is 10.8. The van der Waals surface area contributed by atoms with Gasteiger partial charge in [0.1, 0.15) is 0 Å². The molecular weight excluding hydrogens is 269 g/mol. The molecule has 0 bridgehead atoms. The second kappa shape index (κ2) is 3.75. The topological polar surface area (TPSA) is 49.3 Å². The lowest BCUT2D eigenvalue weighted by Crippen LogP contribution is -2.08. The average Bonchev–Trinajstić information content (AvgIpc) is 1.94. The molecule has 0 saturated carbocycles. The van der Waals surface area contributed by atoms with Gasteiger partial charge in [-0.3, -0.25) is 5.32 Å². The molecule has 0 spiro atoms. The number of anilines is 1. The predicted molar refractivity (Wildman–Crippen MR) is 55.5 cm³/mol. The van der Waals surface area contributed by atoms with Gasteiger partial charge in [0, 0.05) is 9.26 Å². The van der Waals surface area contributed by atoms with Crippen LogP contribution in [0.15, 0.2) is 18.2 Å². The Morgan fingerprint density at radius 2 is 2.25 bits per heavy atom. The lowest BCUT2D eigenvalue weighted by molar-refractivity contribution is 0.209. The number of carbonyl (C=O) groups is 1. The Bertz CT molecular complexity index is 312. The van der Waals surface area contributed by atoms with Crippen molar-refractivity contribution in [3.63, 3.8) is 0 Å². The van der Waals surface area contributed by atoms with Crippen LogP contribution in [0.2, 0.25) is 0 Å². The molecule has 64 valence electrons. The number of carboxylic acid groups (broad SMARTS) is 1. The van der Waals surface area contributed by atoms with Crippen LogP contribution >= 0.6 is 22.6 Å². The van der Waals surface area contributed by atoms with Crippen molar-refractivity contribution in [2.24, 2.45) is 0 Å². The smallest absolute Gasteiger partial charge is 0.409 e. The molecule has 3 nitrogen and oxygen atoms in total. The maximum Gasteiger partial charge on any atom is 0.409 e. The molecule has 0 fully saturated rings. The van der Waals surface area contributed by atoms with E-state index in [2.05, 4.69) is 27.9 Å². The Kier molecular flexibility index (Phi) is 2.91. The summed E-state index contributed by atoms with van der Waals surface area (Å²) in [6, 6.07) is 5.54. The quantitative estimate of drug-likeness (QED) is 0.775. The average molecular weight is 277 g/mol. The minimum Gasteiger partial charge on any atom is -0.465 e. The Morgan fingerprint density at radius 3 is 2.75 bits per heavy atom. The molecule has 1 aromatic rings. The van der Waals surface area contributed by atoms with E-state index in [4.69, 9.17) is 5.11 Å². The normalized spacial score (nSPS) is 9.50. The van der Waals surface area contributed by atoms with E-state index in [-0.39, 0.29) is 0 Å². The van der Waals surface area contributed by atoms with Gasteiger partial charge >= 0.3 is 6.09 Å². The van der Waals surface area contributed by atoms with Gasteiger partial charge in [-0.15, -0.1) is 0 Å². The van der Waals surface area contributed by atoms with E-state index in [1.165, 1.54) is 0 Å². The number of rotatable bonds is 1. The van der Waals surface area contributed by atoms with E-state index in [1.54, 1.807) is 6.07 Å². The summed E-state index contributed by atoms with van der Waals surface area (Å²) in [5.41, 5.74) is 1.58. The fourth-order valence-corrected chi connectivity index (χ4v) is 1.53. The first-order chi connectivity index (χ1) is 5.59. The number of hydrogen-bond acceptors (Lipinski definition) is 1. The second-order valence-corrected chi connectivity index (χ2v) is 3.64. The molecule has 0 aliphatic rings. The molecule has 0 atom stereocenters. The third kappa shape index (κ3) is 2.37. The Hall–Kier alpha value is -0.780. The summed E-state index contributed by atoms with van der Waals surface area (Å²) < 4.78 is 1.10. The van der Waals surface area contributed by atoms with Gasteiger partial charge < -0.3 is 5.11 Å². The van der Waals surface area contributed by atoms with E-state index in [9.17, 15) is 4.79 Å². The van der Waals surface area contributed by atoms with Crippen molar-refractivity contribution < 1.29 is 9.90 Å². The van der Waals surface area contributed by atoms with Gasteiger partial charge in [-0.05, 0) is 53.3 Å². The van der Waals surface area contributed by atoms with E-state index in [1.807, 2.05) is 19.1 Å². The first kappa shape index (κ1) is 9.31. The predicted octanol–water partition coefficient (Wildman–Crippen LogP) is 2.69. The summed E-state index contributed by atoms with van der Waals surface area (Å²) in [7, 11) is 0. The molecule has 0 aliphatic heterocycles. The van der Waals surface area contributed by atoms with Crippen molar-refractivity contribution in [2.75, 3.05) is 5.32 Å². The minimum absolute atomic E-state index is 0.642. The number of benzene rings is 1. The lowest BCUT2D eigenvalue weighted by Gasteiger charge is -2.04. The highest BCUT2D eigenvalue weighted by Gasteiger charge is 2.00. The second-order valence-electron chi connectivity index (χ2n) is 2.39. The van der Waals surface area contributed by atoms with Gasteiger partial charge in [0.2, 0.25) is 0 Å². The van der Waals surface area contributed by atoms with E-state index >= 15 is 0 Å². The van der Waals surface area contributed by atoms with Gasteiger partial charge in [-0.2, -0.15) is 0 Å². The van der Waals surface area contributed by atoms with Crippen LogP contribution in [0.5, 0.6) is 0 Å². The van der Waals surface area contributed by atoms with Crippen molar-refractivity contribution in [3.8, 4) is 0 Å². The maximum atomic E-state index is 10.3. The van der Waals surface area contributed by atoms with Crippen molar-refractivity contribution in [3.05, 3.63) is 27.3 Å². The Morgan fingerprint density at radius 1 is 1.58 bits per heavy atom. The van der Waals surface area contributed by atoms with Gasteiger partial charge in [0.25, 0.3) is 0 Å². The molecule has 1 rings (SSSR count). The Labute approximate surface area is 83.9 Å². The van der Waals surface area contributed by atoms with Crippen LogP contribution in [0.3, 0.4) is 0 Å². The van der Waals surface area contributed by atoms with Crippen LogP contribution in [0.25, 0.3) is 0 Å². The zero-order valence-corrected chi connectivity index (χ0v) is 8.62. The first-order valence-electron chi connectivity index (χ1n) is 3.35. The van der Waals surface area contributed by atoms with Gasteiger partial charge in [0.15, 0.2) is 0 Å². The summed E-state index contributed by atoms with van der Waals surface area (Å²) in [5.74, 6) is 0. The summed E-state index contributed by atoms with van der Waals surface area (Å²) >= 11 is 2.18. The summed E-state index contributed by atoms with van der Waals surface area (Å²) in [6.45, 7) is 1.87. The van der Waals surface area contributed by atoms with E-state index in [0.717, 1.165) is 9.13 Å². The third-order valence-electron chi connectivity index (χ3n) is 1.43. The van der Waals surface area contributed by atoms with Gasteiger partial charge in [-0.25, -0.2) is 4.79 Å². The van der Waals surface area contributed by atoms with Crippen LogP contribution in [-0.2, 0) is 0 Å². The highest BCUT2D eigenvalue weighted by molar-refractivity contribution is 14.1. The molecule has 0 radical (unpaired) electrons. The molecule has 12 heavy (non-hydrogen) atoms. The fourth-order valence-electron chi connectivity index (χ4n) is 0.883. The monoisotopic (exact) mass is 277 g/mol. The molecule has 2 N–H and O–H groups in total. The SMILES string of the molecule is Cc1cc(I)ccc1NC(=O)O. The molecule has 0 unspecified atom stereocenters. The molecular formula is C8H8INO2. The lowest BCUT2D eigenvalue weighted by atomic mass is 10.2. The zero-order chi connectivity index (χ0) is 9.14. The maximum absolute atomic E-state index is 10.3. The van der Waals surface area contributed by atoms with Crippen LogP contribution < -0.4 is 5.32 Å². The minimum atomic E-state index is -1.03. The number of nitrogens with one attached hydrogen (secondary N) is 1. The number of halogens is 1. The number of aryl methyl sites for hydroxylation is 1. The van der Waals surface area contributed by atoms with Crippen LogP contribution in [0.1, 0.15) is 5.56 Å². The van der Waals surface area contributed by atoms with Crippen LogP contribution in [0.4, 0.5) is 10.5 Å². The van der Waals surface area contributed by atoms with Crippen molar-refractivity contribution in [2.45, 2.75) is 6.92 Å². The number of hydrogen-bond donors (Lipinski definition) is 2. The van der Waals surface area contributed by atoms with Gasteiger partial charge in [0.05, 0.1) is 0 Å². The molecule has 4 heteroatoms. The molecule has 1 aromatic carbocycles. The third-order valence-corrected chi connectivity index (χ3v) is 2.10. The highest BCUT2D eigenvalue weighted by atomic mass is 127. The van der Waals surface area contributed by atoms with Gasteiger partial charge in [-0.1, -0.05) is 0 Å². The summed E-state index contributed by atoms with van der Waals surface area (Å²) in [4.78, 5) is 10.3. The van der Waals surface area contributed by atoms with Crippen LogP contribution in [-0.4, -0.2) is 11.2 Å². The Balaban J connectivity index is 2.93.